The maximum atomic E-state index is 4.80. The van der Waals surface area contributed by atoms with Crippen molar-refractivity contribution >= 4 is 37.5 Å². The van der Waals surface area contributed by atoms with Gasteiger partial charge in [-0.25, -0.2) is 4.98 Å². The van der Waals surface area contributed by atoms with E-state index in [0.29, 0.717) is 5.92 Å². The molecule has 2 aromatic rings. The van der Waals surface area contributed by atoms with Crippen LogP contribution in [0, 0.1) is 0 Å². The minimum Gasteiger partial charge on any atom is -0.301 e. The number of nitrogens with zero attached hydrogens (tertiary/aromatic N) is 2. The average Bonchev–Trinajstić information content (AvgIpc) is 2.75. The standard InChI is InChI=1S/C15H19BrN2S/c1-3-18(4-2)12-7-10(8-12)15-17-13-6-5-11(16)9-14(13)19-15/h5-6,9-10,12H,3-4,7-8H2,1-2H3/t10-,12-. The fourth-order valence-corrected chi connectivity index (χ4v) is 4.56. The normalized spacial score (nSPS) is 22.9. The summed E-state index contributed by atoms with van der Waals surface area (Å²) in [5, 5.41) is 1.33. The van der Waals surface area contributed by atoms with E-state index >= 15 is 0 Å². The Hall–Kier alpha value is -0.450. The third-order valence-corrected chi connectivity index (χ3v) is 5.83. The third kappa shape index (κ3) is 2.58. The maximum absolute atomic E-state index is 4.80. The fraction of sp³-hybridized carbons (Fsp3) is 0.533. The third-order valence-electron chi connectivity index (χ3n) is 4.16. The molecule has 0 bridgehead atoms. The van der Waals surface area contributed by atoms with E-state index in [-0.39, 0.29) is 0 Å². The highest BCUT2D eigenvalue weighted by atomic mass is 79.9. The molecule has 4 heteroatoms. The van der Waals surface area contributed by atoms with Gasteiger partial charge in [0.1, 0.15) is 0 Å². The van der Waals surface area contributed by atoms with Crippen LogP contribution in [-0.4, -0.2) is 29.0 Å². The summed E-state index contributed by atoms with van der Waals surface area (Å²) in [6.45, 7) is 6.85. The van der Waals surface area contributed by atoms with Crippen LogP contribution in [0.25, 0.3) is 10.2 Å². The van der Waals surface area contributed by atoms with Crippen LogP contribution in [0.4, 0.5) is 0 Å². The van der Waals surface area contributed by atoms with Gasteiger partial charge in [0.15, 0.2) is 0 Å². The van der Waals surface area contributed by atoms with Gasteiger partial charge in [0.05, 0.1) is 15.2 Å². The zero-order valence-electron chi connectivity index (χ0n) is 11.4. The van der Waals surface area contributed by atoms with Gasteiger partial charge in [-0.3, -0.25) is 0 Å². The first kappa shape index (κ1) is 13.5. The van der Waals surface area contributed by atoms with Gasteiger partial charge in [-0.1, -0.05) is 29.8 Å². The summed E-state index contributed by atoms with van der Waals surface area (Å²) in [4.78, 5) is 7.37. The first-order valence-electron chi connectivity index (χ1n) is 7.01. The van der Waals surface area contributed by atoms with Crippen LogP contribution in [0.2, 0.25) is 0 Å². The van der Waals surface area contributed by atoms with Crippen LogP contribution in [0.3, 0.4) is 0 Å². The Morgan fingerprint density at radius 3 is 2.74 bits per heavy atom. The predicted octanol–water partition coefficient (Wildman–Crippen LogP) is 4.65. The van der Waals surface area contributed by atoms with Crippen LogP contribution < -0.4 is 0 Å². The second kappa shape index (κ2) is 5.51. The molecule has 19 heavy (non-hydrogen) atoms. The van der Waals surface area contributed by atoms with E-state index < -0.39 is 0 Å². The topological polar surface area (TPSA) is 16.1 Å². The molecular weight excluding hydrogens is 320 g/mol. The van der Waals surface area contributed by atoms with Crippen molar-refractivity contribution in [2.75, 3.05) is 13.1 Å². The Labute approximate surface area is 127 Å². The van der Waals surface area contributed by atoms with Gasteiger partial charge in [0, 0.05) is 16.4 Å². The van der Waals surface area contributed by atoms with Crippen LogP contribution in [0.1, 0.15) is 37.6 Å². The predicted molar refractivity (Wildman–Crippen MR) is 86.0 cm³/mol. The minimum absolute atomic E-state index is 0.682. The molecule has 0 aliphatic heterocycles. The maximum Gasteiger partial charge on any atom is 0.0970 e. The lowest BCUT2D eigenvalue weighted by Gasteiger charge is -2.41. The average molecular weight is 339 g/mol. The summed E-state index contributed by atoms with van der Waals surface area (Å²) in [6, 6.07) is 7.14. The molecule has 0 atom stereocenters. The molecule has 0 radical (unpaired) electrons. The molecule has 0 saturated heterocycles. The lowest BCUT2D eigenvalue weighted by Crippen LogP contribution is -2.43. The lowest BCUT2D eigenvalue weighted by atomic mass is 9.79. The summed E-state index contributed by atoms with van der Waals surface area (Å²) in [5.41, 5.74) is 1.15. The van der Waals surface area contributed by atoms with Gasteiger partial charge in [0.25, 0.3) is 0 Å². The van der Waals surface area contributed by atoms with E-state index in [4.69, 9.17) is 4.98 Å². The Kier molecular flexibility index (Phi) is 3.92. The summed E-state index contributed by atoms with van der Waals surface area (Å²) < 4.78 is 2.44. The summed E-state index contributed by atoms with van der Waals surface area (Å²) in [7, 11) is 0. The molecule has 1 aromatic carbocycles. The number of rotatable bonds is 4. The first-order chi connectivity index (χ1) is 9.21. The van der Waals surface area contributed by atoms with Gasteiger partial charge in [-0.2, -0.15) is 0 Å². The van der Waals surface area contributed by atoms with Crippen molar-refractivity contribution in [1.82, 2.24) is 9.88 Å². The molecule has 1 aliphatic rings. The second-order valence-electron chi connectivity index (χ2n) is 5.21. The molecule has 0 amide bonds. The highest BCUT2D eigenvalue weighted by Gasteiger charge is 2.35. The largest absolute Gasteiger partial charge is 0.301 e. The van der Waals surface area contributed by atoms with Crippen molar-refractivity contribution in [2.24, 2.45) is 0 Å². The molecule has 1 saturated carbocycles. The summed E-state index contributed by atoms with van der Waals surface area (Å²) in [5.74, 6) is 0.682. The quantitative estimate of drug-likeness (QED) is 0.806. The van der Waals surface area contributed by atoms with E-state index in [1.54, 1.807) is 0 Å². The van der Waals surface area contributed by atoms with Crippen molar-refractivity contribution < 1.29 is 0 Å². The van der Waals surface area contributed by atoms with Crippen molar-refractivity contribution in [3.05, 3.63) is 27.7 Å². The molecule has 0 unspecified atom stereocenters. The van der Waals surface area contributed by atoms with Crippen molar-refractivity contribution in [2.45, 2.75) is 38.6 Å². The first-order valence-corrected chi connectivity index (χ1v) is 8.62. The number of thiazole rings is 1. The van der Waals surface area contributed by atoms with Crippen molar-refractivity contribution in [3.63, 3.8) is 0 Å². The van der Waals surface area contributed by atoms with Crippen LogP contribution in [-0.2, 0) is 0 Å². The number of aromatic nitrogens is 1. The van der Waals surface area contributed by atoms with Gasteiger partial charge in [-0.15, -0.1) is 11.3 Å². The highest BCUT2D eigenvalue weighted by molar-refractivity contribution is 9.10. The zero-order valence-corrected chi connectivity index (χ0v) is 13.8. The lowest BCUT2D eigenvalue weighted by molar-refractivity contribution is 0.120. The van der Waals surface area contributed by atoms with E-state index in [9.17, 15) is 0 Å². The second-order valence-corrected chi connectivity index (χ2v) is 7.19. The monoisotopic (exact) mass is 338 g/mol. The van der Waals surface area contributed by atoms with Crippen LogP contribution >= 0.6 is 27.3 Å². The highest BCUT2D eigenvalue weighted by Crippen LogP contribution is 2.42. The molecule has 1 fully saturated rings. The summed E-state index contributed by atoms with van der Waals surface area (Å²) >= 11 is 5.39. The van der Waals surface area contributed by atoms with Crippen LogP contribution in [0.5, 0.6) is 0 Å². The Bertz CT molecular complexity index is 571. The zero-order chi connectivity index (χ0) is 13.4. The van der Waals surface area contributed by atoms with E-state index in [2.05, 4.69) is 52.9 Å². The molecule has 1 aliphatic carbocycles. The molecule has 0 N–H and O–H groups in total. The smallest absolute Gasteiger partial charge is 0.0970 e. The number of fused-ring (bicyclic) bond motifs is 1. The molecule has 1 heterocycles. The molecule has 102 valence electrons. The van der Waals surface area contributed by atoms with Crippen molar-refractivity contribution in [3.8, 4) is 0 Å². The number of hydrogen-bond donors (Lipinski definition) is 0. The Balaban J connectivity index is 1.73. The van der Waals surface area contributed by atoms with Gasteiger partial charge < -0.3 is 4.90 Å². The van der Waals surface area contributed by atoms with E-state index in [1.807, 2.05) is 11.3 Å². The van der Waals surface area contributed by atoms with E-state index in [0.717, 1.165) is 16.0 Å². The van der Waals surface area contributed by atoms with Crippen molar-refractivity contribution in [1.29, 1.82) is 0 Å². The Morgan fingerprint density at radius 2 is 2.05 bits per heavy atom. The molecule has 0 spiro atoms. The molecule has 3 rings (SSSR count). The summed E-state index contributed by atoms with van der Waals surface area (Å²) in [6.07, 6.45) is 2.56. The molecular formula is C15H19BrN2S. The van der Waals surface area contributed by atoms with Gasteiger partial charge in [-0.05, 0) is 44.1 Å². The number of hydrogen-bond acceptors (Lipinski definition) is 3. The molecule has 2 nitrogen and oxygen atoms in total. The number of benzene rings is 1. The Morgan fingerprint density at radius 1 is 1.32 bits per heavy atom. The number of halogens is 1. The minimum atomic E-state index is 0.682. The SMILES string of the molecule is CCN(CC)[C@H]1C[C@H](c2nc3ccc(Br)cc3s2)C1. The molecule has 1 aromatic heterocycles. The fourth-order valence-electron chi connectivity index (χ4n) is 2.92. The van der Waals surface area contributed by atoms with Gasteiger partial charge in [0.2, 0.25) is 0 Å². The van der Waals surface area contributed by atoms with Gasteiger partial charge >= 0.3 is 0 Å². The van der Waals surface area contributed by atoms with E-state index in [1.165, 1.54) is 35.6 Å². The van der Waals surface area contributed by atoms with Crippen LogP contribution in [0.15, 0.2) is 22.7 Å².